The molecule has 4 bridgehead atoms. The molecule has 1 N–H and O–H groups in total. The topological polar surface area (TPSA) is 47.6 Å². The van der Waals surface area contributed by atoms with E-state index in [4.69, 9.17) is 9.47 Å². The maximum atomic E-state index is 12.9. The third-order valence-electron chi connectivity index (χ3n) is 7.00. The molecule has 0 unspecified atom stereocenters. The van der Waals surface area contributed by atoms with Crippen molar-refractivity contribution in [3.63, 3.8) is 0 Å². The number of carbonyl (C=O) groups excluding carboxylic acids is 1. The summed E-state index contributed by atoms with van der Waals surface area (Å²) in [7, 11) is 3.21. The molecule has 0 saturated heterocycles. The summed E-state index contributed by atoms with van der Waals surface area (Å²) in [5.41, 5.74) is 0.856. The van der Waals surface area contributed by atoms with Crippen LogP contribution in [0.1, 0.15) is 55.8 Å². The van der Waals surface area contributed by atoms with Crippen LogP contribution >= 0.6 is 0 Å². The number of methoxy groups -OCH3 is 2. The third-order valence-corrected chi connectivity index (χ3v) is 7.00. The summed E-state index contributed by atoms with van der Waals surface area (Å²) in [6, 6.07) is 5.58. The Labute approximate surface area is 150 Å². The van der Waals surface area contributed by atoms with Gasteiger partial charge in [0.2, 0.25) is 0 Å². The fourth-order valence-electron chi connectivity index (χ4n) is 6.13. The summed E-state index contributed by atoms with van der Waals surface area (Å²) in [6.07, 6.45) is 8.12. The van der Waals surface area contributed by atoms with Gasteiger partial charge in [0.25, 0.3) is 5.91 Å². The van der Waals surface area contributed by atoms with Gasteiger partial charge >= 0.3 is 0 Å². The first kappa shape index (κ1) is 16.7. The highest BCUT2D eigenvalue weighted by Gasteiger charge is 2.53. The van der Waals surface area contributed by atoms with Gasteiger partial charge in [-0.1, -0.05) is 0 Å². The average Bonchev–Trinajstić information content (AvgIpc) is 2.59. The average molecular weight is 343 g/mol. The van der Waals surface area contributed by atoms with Gasteiger partial charge in [-0.3, -0.25) is 4.79 Å². The summed E-state index contributed by atoms with van der Waals surface area (Å²) < 4.78 is 10.7. The normalized spacial score (nSPS) is 33.8. The first-order valence-corrected chi connectivity index (χ1v) is 9.56. The summed E-state index contributed by atoms with van der Waals surface area (Å²) in [5, 5.41) is 3.30. The molecule has 25 heavy (non-hydrogen) atoms. The summed E-state index contributed by atoms with van der Waals surface area (Å²) >= 11 is 0. The Morgan fingerprint density at radius 3 is 2.20 bits per heavy atom. The summed E-state index contributed by atoms with van der Waals surface area (Å²) in [4.78, 5) is 12.9. The van der Waals surface area contributed by atoms with Crippen molar-refractivity contribution >= 4 is 5.91 Å². The molecule has 1 aromatic carbocycles. The summed E-state index contributed by atoms with van der Waals surface area (Å²) in [5.74, 6) is 3.87. The number of benzene rings is 1. The van der Waals surface area contributed by atoms with Gasteiger partial charge in [-0.25, -0.2) is 0 Å². The predicted molar refractivity (Wildman–Crippen MR) is 97.1 cm³/mol. The second-order valence-corrected chi connectivity index (χ2v) is 8.54. The lowest BCUT2D eigenvalue weighted by Crippen LogP contribution is -2.55. The molecular weight excluding hydrogens is 314 g/mol. The highest BCUT2D eigenvalue weighted by molar-refractivity contribution is 5.97. The van der Waals surface area contributed by atoms with Gasteiger partial charge in [-0.15, -0.1) is 0 Å². The number of ether oxygens (including phenoxy) is 2. The molecule has 0 spiro atoms. The Morgan fingerprint density at radius 2 is 1.68 bits per heavy atom. The van der Waals surface area contributed by atoms with E-state index in [1.165, 1.54) is 38.5 Å². The number of nitrogens with one attached hydrogen (secondary N) is 1. The van der Waals surface area contributed by atoms with Crippen molar-refractivity contribution in [2.45, 2.75) is 51.5 Å². The van der Waals surface area contributed by atoms with E-state index in [9.17, 15) is 4.79 Å². The van der Waals surface area contributed by atoms with Crippen LogP contribution in [0.4, 0.5) is 0 Å². The minimum absolute atomic E-state index is 0.0565. The van der Waals surface area contributed by atoms with Crippen LogP contribution in [0.3, 0.4) is 0 Å². The second kappa shape index (κ2) is 6.22. The molecule has 0 radical (unpaired) electrons. The Hall–Kier alpha value is -1.71. The van der Waals surface area contributed by atoms with E-state index >= 15 is 0 Å². The molecule has 4 saturated carbocycles. The highest BCUT2D eigenvalue weighted by Crippen LogP contribution is 2.61. The van der Waals surface area contributed by atoms with E-state index in [-0.39, 0.29) is 11.9 Å². The maximum Gasteiger partial charge on any atom is 0.255 e. The van der Waals surface area contributed by atoms with Crippen LogP contribution in [0.25, 0.3) is 0 Å². The van der Waals surface area contributed by atoms with Crippen LogP contribution in [-0.4, -0.2) is 26.2 Å². The Balaban J connectivity index is 1.53. The van der Waals surface area contributed by atoms with Crippen LogP contribution in [0.2, 0.25) is 0 Å². The van der Waals surface area contributed by atoms with Crippen molar-refractivity contribution < 1.29 is 14.3 Å². The van der Waals surface area contributed by atoms with Gasteiger partial charge < -0.3 is 14.8 Å². The lowest BCUT2D eigenvalue weighted by molar-refractivity contribution is -0.0688. The van der Waals surface area contributed by atoms with Gasteiger partial charge in [0.05, 0.1) is 19.8 Å². The van der Waals surface area contributed by atoms with Crippen LogP contribution in [-0.2, 0) is 0 Å². The number of hydrogen-bond acceptors (Lipinski definition) is 3. The lowest BCUT2D eigenvalue weighted by Gasteiger charge is -2.59. The summed E-state index contributed by atoms with van der Waals surface area (Å²) in [6.45, 7) is 2.21. The van der Waals surface area contributed by atoms with Crippen molar-refractivity contribution in [1.29, 1.82) is 0 Å². The van der Waals surface area contributed by atoms with Crippen molar-refractivity contribution in [2.24, 2.45) is 23.2 Å². The molecule has 136 valence electrons. The molecule has 4 nitrogen and oxygen atoms in total. The zero-order valence-electron chi connectivity index (χ0n) is 15.5. The quantitative estimate of drug-likeness (QED) is 0.878. The van der Waals surface area contributed by atoms with Crippen LogP contribution in [0.5, 0.6) is 11.5 Å². The monoisotopic (exact) mass is 343 g/mol. The number of amides is 1. The molecule has 0 aliphatic heterocycles. The minimum Gasteiger partial charge on any atom is -0.497 e. The van der Waals surface area contributed by atoms with Crippen molar-refractivity contribution in [3.8, 4) is 11.5 Å². The predicted octanol–water partition coefficient (Wildman–Crippen LogP) is 4.04. The van der Waals surface area contributed by atoms with E-state index in [1.54, 1.807) is 26.4 Å². The molecule has 0 aromatic heterocycles. The second-order valence-electron chi connectivity index (χ2n) is 8.54. The smallest absolute Gasteiger partial charge is 0.255 e. The number of hydrogen-bond donors (Lipinski definition) is 1. The zero-order chi connectivity index (χ0) is 17.6. The molecule has 1 amide bonds. The zero-order valence-corrected chi connectivity index (χ0v) is 15.5. The number of carbonyl (C=O) groups is 1. The van der Waals surface area contributed by atoms with Gasteiger partial charge in [-0.05, 0) is 86.8 Å². The molecule has 1 aromatic rings. The largest absolute Gasteiger partial charge is 0.497 e. The fourth-order valence-corrected chi connectivity index (χ4v) is 6.13. The molecule has 4 heteroatoms. The van der Waals surface area contributed by atoms with Crippen LogP contribution in [0, 0.1) is 23.2 Å². The molecular formula is C21H29NO3. The van der Waals surface area contributed by atoms with Crippen molar-refractivity contribution in [1.82, 2.24) is 5.32 Å². The molecule has 5 rings (SSSR count). The van der Waals surface area contributed by atoms with E-state index in [1.807, 2.05) is 6.07 Å². The number of rotatable bonds is 5. The van der Waals surface area contributed by atoms with Crippen LogP contribution in [0.15, 0.2) is 18.2 Å². The standard InChI is InChI=1S/C21H29NO3/c1-13(21-10-14-6-15(11-21)8-16(7-14)12-21)22-20(23)18-9-17(24-2)4-5-19(18)25-3/h4-5,9,13-16H,6-8,10-12H2,1-3H3,(H,22,23)/t13-,14?,15?,16?,21?/m1/s1. The Bertz CT molecular complexity index is 634. The minimum atomic E-state index is -0.0565. The first-order chi connectivity index (χ1) is 12.0. The van der Waals surface area contributed by atoms with Gasteiger partial charge in [0.15, 0.2) is 0 Å². The van der Waals surface area contributed by atoms with Crippen molar-refractivity contribution in [3.05, 3.63) is 23.8 Å². The molecule has 4 fully saturated rings. The molecule has 4 aliphatic rings. The van der Waals surface area contributed by atoms with Gasteiger partial charge in [-0.2, -0.15) is 0 Å². The van der Waals surface area contributed by atoms with E-state index in [0.29, 0.717) is 22.5 Å². The SMILES string of the molecule is COc1ccc(OC)c(C(=O)N[C@H](C)C23CC4CC(CC(C4)C2)C3)c1. The van der Waals surface area contributed by atoms with Crippen molar-refractivity contribution in [2.75, 3.05) is 14.2 Å². The Kier molecular flexibility index (Phi) is 4.17. The van der Waals surface area contributed by atoms with Gasteiger partial charge in [0, 0.05) is 6.04 Å². The first-order valence-electron chi connectivity index (χ1n) is 9.56. The van der Waals surface area contributed by atoms with Crippen LogP contribution < -0.4 is 14.8 Å². The molecule has 4 aliphatic carbocycles. The molecule has 1 atom stereocenters. The van der Waals surface area contributed by atoms with E-state index in [2.05, 4.69) is 12.2 Å². The third kappa shape index (κ3) is 2.90. The maximum absolute atomic E-state index is 12.9. The molecule has 0 heterocycles. The lowest BCUT2D eigenvalue weighted by atomic mass is 9.48. The van der Waals surface area contributed by atoms with E-state index in [0.717, 1.165) is 17.8 Å². The van der Waals surface area contributed by atoms with Gasteiger partial charge in [0.1, 0.15) is 11.5 Å². The fraction of sp³-hybridized carbons (Fsp3) is 0.667. The Morgan fingerprint density at radius 1 is 1.08 bits per heavy atom. The van der Waals surface area contributed by atoms with E-state index < -0.39 is 0 Å². The highest BCUT2D eigenvalue weighted by atomic mass is 16.5.